The molecule has 1 unspecified atom stereocenters. The molecule has 0 heterocycles. The van der Waals surface area contributed by atoms with Crippen molar-refractivity contribution in [2.75, 3.05) is 27.3 Å². The maximum atomic E-state index is 12.6. The van der Waals surface area contributed by atoms with Crippen LogP contribution in [0.4, 0.5) is 0 Å². The Morgan fingerprint density at radius 3 is 1.18 bits per heavy atom. The van der Waals surface area contributed by atoms with Crippen molar-refractivity contribution in [2.24, 2.45) is 0 Å². The second kappa shape index (κ2) is 30.8. The quantitative estimate of drug-likeness (QED) is 0.0616. The first-order valence-electron chi connectivity index (χ1n) is 17.5. The van der Waals surface area contributed by atoms with Crippen LogP contribution in [0.2, 0.25) is 0 Å². The molecule has 1 atom stereocenters. The van der Waals surface area contributed by atoms with Crippen LogP contribution in [0.3, 0.4) is 0 Å². The number of unbranched alkanes of at least 4 members (excludes halogenated alkanes) is 22. The van der Waals surface area contributed by atoms with Gasteiger partial charge in [-0.15, -0.1) is 0 Å². The molecule has 0 aliphatic carbocycles. The minimum Gasteiger partial charge on any atom is -0.466 e. The summed E-state index contributed by atoms with van der Waals surface area (Å²) in [6.45, 7) is 5.50. The van der Waals surface area contributed by atoms with Crippen molar-refractivity contribution in [3.63, 3.8) is 0 Å². The Morgan fingerprint density at radius 1 is 0.500 bits per heavy atom. The molecule has 5 heteroatoms. The molecular formula is C35H69NO4. The average Bonchev–Trinajstić information content (AvgIpc) is 2.93. The molecule has 5 nitrogen and oxygen atoms in total. The zero-order chi connectivity index (χ0) is 29.5. The van der Waals surface area contributed by atoms with Crippen LogP contribution in [-0.4, -0.2) is 50.2 Å². The highest BCUT2D eigenvalue weighted by Gasteiger charge is 2.23. The zero-order valence-electron chi connectivity index (χ0n) is 27.5. The van der Waals surface area contributed by atoms with Crippen molar-refractivity contribution in [2.45, 2.75) is 187 Å². The molecule has 0 aliphatic heterocycles. The molecule has 0 aromatic heterocycles. The summed E-state index contributed by atoms with van der Waals surface area (Å²) in [5.74, 6) is -0.425. The van der Waals surface area contributed by atoms with Gasteiger partial charge in [-0.1, -0.05) is 155 Å². The van der Waals surface area contributed by atoms with E-state index in [1.165, 1.54) is 128 Å². The van der Waals surface area contributed by atoms with Crippen molar-refractivity contribution < 1.29 is 19.1 Å². The molecule has 0 N–H and O–H groups in total. The lowest BCUT2D eigenvalue weighted by Gasteiger charge is -2.22. The molecule has 238 valence electrons. The summed E-state index contributed by atoms with van der Waals surface area (Å²) in [5.41, 5.74) is 0. The monoisotopic (exact) mass is 568 g/mol. The normalized spacial score (nSPS) is 12.1. The summed E-state index contributed by atoms with van der Waals surface area (Å²) in [6.07, 6.45) is 31.7. The Bertz CT molecular complexity index is 552. The summed E-state index contributed by atoms with van der Waals surface area (Å²) in [4.78, 5) is 26.6. The third-order valence-corrected chi connectivity index (χ3v) is 8.02. The van der Waals surface area contributed by atoms with Crippen LogP contribution >= 0.6 is 0 Å². The van der Waals surface area contributed by atoms with Crippen molar-refractivity contribution in [1.82, 2.24) is 4.90 Å². The van der Waals surface area contributed by atoms with E-state index in [0.717, 1.165) is 25.7 Å². The smallest absolute Gasteiger partial charge is 0.323 e. The van der Waals surface area contributed by atoms with Crippen molar-refractivity contribution in [1.29, 1.82) is 0 Å². The van der Waals surface area contributed by atoms with E-state index in [4.69, 9.17) is 9.47 Å². The van der Waals surface area contributed by atoms with Crippen LogP contribution in [0.1, 0.15) is 181 Å². The van der Waals surface area contributed by atoms with Gasteiger partial charge < -0.3 is 9.47 Å². The van der Waals surface area contributed by atoms with Crippen LogP contribution in [0.15, 0.2) is 0 Å². The Morgan fingerprint density at radius 2 is 0.825 bits per heavy atom. The van der Waals surface area contributed by atoms with Crippen LogP contribution in [0, 0.1) is 0 Å². The summed E-state index contributed by atoms with van der Waals surface area (Å²) >= 11 is 0. The van der Waals surface area contributed by atoms with Gasteiger partial charge in [-0.25, -0.2) is 0 Å². The number of nitrogens with zero attached hydrogens (tertiary/aromatic N) is 1. The van der Waals surface area contributed by atoms with Crippen LogP contribution in [-0.2, 0) is 19.1 Å². The Kier molecular flexibility index (Phi) is 30.0. The van der Waals surface area contributed by atoms with E-state index in [1.54, 1.807) is 0 Å². The molecule has 40 heavy (non-hydrogen) atoms. The first-order chi connectivity index (χ1) is 19.5. The second-order valence-electron chi connectivity index (χ2n) is 12.2. The number of ether oxygens (including phenoxy) is 2. The van der Waals surface area contributed by atoms with E-state index in [0.29, 0.717) is 19.6 Å². The zero-order valence-corrected chi connectivity index (χ0v) is 27.5. The largest absolute Gasteiger partial charge is 0.466 e. The summed E-state index contributed by atoms with van der Waals surface area (Å²) in [5, 5.41) is 0. The first kappa shape index (κ1) is 38.9. The molecule has 0 saturated carbocycles. The molecule has 0 saturated heterocycles. The van der Waals surface area contributed by atoms with Crippen LogP contribution < -0.4 is 0 Å². The van der Waals surface area contributed by atoms with Gasteiger partial charge in [-0.3, -0.25) is 14.5 Å². The highest BCUT2D eigenvalue weighted by Crippen LogP contribution is 2.14. The van der Waals surface area contributed by atoms with E-state index >= 15 is 0 Å². The highest BCUT2D eigenvalue weighted by atomic mass is 16.5. The Balaban J connectivity index is 3.67. The molecule has 0 radical (unpaired) electrons. The van der Waals surface area contributed by atoms with Gasteiger partial charge in [0.1, 0.15) is 6.04 Å². The van der Waals surface area contributed by atoms with Gasteiger partial charge in [-0.2, -0.15) is 0 Å². The SMILES string of the molecule is CCCCCCCCCCCCCCOC(=O)CCC(C(=O)OCCCCCCCCCCCCCC)N(C)C. The van der Waals surface area contributed by atoms with E-state index in [2.05, 4.69) is 13.8 Å². The van der Waals surface area contributed by atoms with Crippen LogP contribution in [0.25, 0.3) is 0 Å². The molecule has 0 aromatic rings. The van der Waals surface area contributed by atoms with Gasteiger partial charge in [0.25, 0.3) is 0 Å². The number of rotatable bonds is 31. The summed E-state index contributed by atoms with van der Waals surface area (Å²) in [7, 11) is 3.74. The molecular weight excluding hydrogens is 498 g/mol. The highest BCUT2D eigenvalue weighted by molar-refractivity contribution is 5.77. The van der Waals surface area contributed by atoms with Gasteiger partial charge >= 0.3 is 11.9 Å². The lowest BCUT2D eigenvalue weighted by atomic mass is 10.1. The van der Waals surface area contributed by atoms with Crippen molar-refractivity contribution >= 4 is 11.9 Å². The van der Waals surface area contributed by atoms with E-state index in [-0.39, 0.29) is 18.4 Å². The maximum Gasteiger partial charge on any atom is 0.323 e. The number of carbonyl (C=O) groups excluding carboxylic acids is 2. The van der Waals surface area contributed by atoms with Crippen LogP contribution in [0.5, 0.6) is 0 Å². The van der Waals surface area contributed by atoms with Gasteiger partial charge in [-0.05, 0) is 33.4 Å². The minimum atomic E-state index is -0.392. The van der Waals surface area contributed by atoms with Crippen molar-refractivity contribution in [3.05, 3.63) is 0 Å². The standard InChI is InChI=1S/C35H69NO4/c1-5-7-9-11-13-15-17-19-21-23-25-27-31-39-34(37)30-29-33(36(3)4)35(38)40-32-28-26-24-22-20-18-16-14-12-10-8-6-2/h33H,5-32H2,1-4H3. The predicted molar refractivity (Wildman–Crippen MR) is 171 cm³/mol. The number of esters is 2. The topological polar surface area (TPSA) is 55.8 Å². The molecule has 0 aromatic carbocycles. The Hall–Kier alpha value is -1.10. The molecule has 0 rings (SSSR count). The van der Waals surface area contributed by atoms with E-state index in [1.807, 2.05) is 19.0 Å². The van der Waals surface area contributed by atoms with Gasteiger partial charge in [0.2, 0.25) is 0 Å². The molecule has 0 bridgehead atoms. The van der Waals surface area contributed by atoms with Crippen molar-refractivity contribution in [3.8, 4) is 0 Å². The van der Waals surface area contributed by atoms with Gasteiger partial charge in [0.15, 0.2) is 0 Å². The minimum absolute atomic E-state index is 0.205. The average molecular weight is 568 g/mol. The fourth-order valence-electron chi connectivity index (χ4n) is 5.25. The van der Waals surface area contributed by atoms with E-state index < -0.39 is 6.04 Å². The Labute approximate surface area is 249 Å². The summed E-state index contributed by atoms with van der Waals surface area (Å²) < 4.78 is 11.0. The number of hydrogen-bond acceptors (Lipinski definition) is 5. The third kappa shape index (κ3) is 27.1. The van der Waals surface area contributed by atoms with E-state index in [9.17, 15) is 9.59 Å². The lowest BCUT2D eigenvalue weighted by Crippen LogP contribution is -2.37. The molecule has 0 amide bonds. The fraction of sp³-hybridized carbons (Fsp3) is 0.943. The molecule has 0 aliphatic rings. The third-order valence-electron chi connectivity index (χ3n) is 8.02. The number of hydrogen-bond donors (Lipinski definition) is 0. The maximum absolute atomic E-state index is 12.6. The van der Waals surface area contributed by atoms with Gasteiger partial charge in [0, 0.05) is 6.42 Å². The number of carbonyl (C=O) groups is 2. The van der Waals surface area contributed by atoms with Gasteiger partial charge in [0.05, 0.1) is 13.2 Å². The lowest BCUT2D eigenvalue weighted by molar-refractivity contribution is -0.150. The summed E-state index contributed by atoms with van der Waals surface area (Å²) in [6, 6.07) is -0.392. The molecule has 0 fully saturated rings. The number of likely N-dealkylation sites (N-methyl/N-ethyl adjacent to an activating group) is 1. The first-order valence-corrected chi connectivity index (χ1v) is 17.5. The molecule has 0 spiro atoms. The second-order valence-corrected chi connectivity index (χ2v) is 12.2. The fourth-order valence-corrected chi connectivity index (χ4v) is 5.25. The predicted octanol–water partition coefficient (Wildman–Crippen LogP) is 10.2.